The zero-order chi connectivity index (χ0) is 19.8. The maximum absolute atomic E-state index is 13.2. The number of hydrogen-bond donors (Lipinski definition) is 0. The summed E-state index contributed by atoms with van der Waals surface area (Å²) in [4.78, 5) is 0. The van der Waals surface area contributed by atoms with Crippen LogP contribution in [0.15, 0.2) is 30.4 Å². The van der Waals surface area contributed by atoms with Gasteiger partial charge in [-0.1, -0.05) is 25.1 Å². The van der Waals surface area contributed by atoms with Crippen LogP contribution < -0.4 is 0 Å². The molecule has 6 heteroatoms. The molecule has 156 valence electrons. The Bertz CT molecular complexity index is 621. The Morgan fingerprint density at radius 3 is 2.25 bits per heavy atom. The molecule has 2 fully saturated rings. The van der Waals surface area contributed by atoms with Gasteiger partial charge in [0.2, 0.25) is 0 Å². The molecule has 0 aromatic heterocycles. The lowest BCUT2D eigenvalue weighted by atomic mass is 10.0. The molecule has 0 aliphatic carbocycles. The molecule has 0 unspecified atom stereocenters. The molecule has 2 heterocycles. The van der Waals surface area contributed by atoms with Crippen LogP contribution in [0.3, 0.4) is 0 Å². The van der Waals surface area contributed by atoms with Crippen molar-refractivity contribution in [1.82, 2.24) is 0 Å². The van der Waals surface area contributed by atoms with E-state index in [4.69, 9.17) is 18.9 Å². The Morgan fingerprint density at radius 2 is 1.57 bits per heavy atom. The lowest BCUT2D eigenvalue weighted by Crippen LogP contribution is -2.35. The van der Waals surface area contributed by atoms with Crippen LogP contribution in [0.1, 0.15) is 38.2 Å². The Balaban J connectivity index is 1.29. The van der Waals surface area contributed by atoms with Crippen LogP contribution >= 0.6 is 0 Å². The van der Waals surface area contributed by atoms with Gasteiger partial charge < -0.3 is 18.9 Å². The number of allylic oxidation sites excluding steroid dienone is 1. The largest absolute Gasteiger partial charge is 0.352 e. The molecule has 0 saturated carbocycles. The Morgan fingerprint density at radius 1 is 0.893 bits per heavy atom. The van der Waals surface area contributed by atoms with E-state index in [0.717, 1.165) is 30.9 Å². The average Bonchev–Trinajstić information content (AvgIpc) is 2.73. The highest BCUT2D eigenvalue weighted by Gasteiger charge is 2.25. The topological polar surface area (TPSA) is 36.9 Å². The molecule has 0 N–H and O–H groups in total. The van der Waals surface area contributed by atoms with Crippen LogP contribution in [0.2, 0.25) is 0 Å². The van der Waals surface area contributed by atoms with Crippen LogP contribution in [-0.4, -0.2) is 39.0 Å². The van der Waals surface area contributed by atoms with Crippen molar-refractivity contribution in [3.05, 3.63) is 47.5 Å². The van der Waals surface area contributed by atoms with Gasteiger partial charge in [0.15, 0.2) is 24.2 Å². The van der Waals surface area contributed by atoms with E-state index in [1.807, 2.05) is 0 Å². The SMILES string of the molecule is CCC=C[C@H]1CO[C@H](CC[C@H]2CO[C@H](CCc3ccc(F)c(F)c3)OC2)OC1. The van der Waals surface area contributed by atoms with Crippen molar-refractivity contribution in [3.8, 4) is 0 Å². The Kier molecular flexibility index (Phi) is 8.40. The van der Waals surface area contributed by atoms with Crippen LogP contribution in [0.4, 0.5) is 8.78 Å². The molecule has 2 saturated heterocycles. The highest BCUT2D eigenvalue weighted by Crippen LogP contribution is 2.23. The molecule has 0 spiro atoms. The summed E-state index contributed by atoms with van der Waals surface area (Å²) >= 11 is 0. The predicted molar refractivity (Wildman–Crippen MR) is 102 cm³/mol. The summed E-state index contributed by atoms with van der Waals surface area (Å²) in [6, 6.07) is 3.98. The van der Waals surface area contributed by atoms with Crippen LogP contribution in [0.5, 0.6) is 0 Å². The molecule has 0 bridgehead atoms. The van der Waals surface area contributed by atoms with Gasteiger partial charge in [-0.15, -0.1) is 0 Å². The number of ether oxygens (including phenoxy) is 4. The van der Waals surface area contributed by atoms with E-state index in [-0.39, 0.29) is 12.6 Å². The predicted octanol–water partition coefficient (Wildman–Crippen LogP) is 4.62. The van der Waals surface area contributed by atoms with Crippen LogP contribution in [0.25, 0.3) is 0 Å². The first kappa shape index (κ1) is 21.4. The zero-order valence-electron chi connectivity index (χ0n) is 16.4. The van der Waals surface area contributed by atoms with E-state index in [0.29, 0.717) is 51.1 Å². The lowest BCUT2D eigenvalue weighted by molar-refractivity contribution is -0.215. The zero-order valence-corrected chi connectivity index (χ0v) is 16.4. The van der Waals surface area contributed by atoms with E-state index in [9.17, 15) is 8.78 Å². The van der Waals surface area contributed by atoms with Crippen molar-refractivity contribution >= 4 is 0 Å². The number of benzene rings is 1. The molecule has 0 amide bonds. The molecular formula is C22H30F2O4. The summed E-state index contributed by atoms with van der Waals surface area (Å²) in [6.07, 6.45) is 7.88. The van der Waals surface area contributed by atoms with Crippen LogP contribution in [-0.2, 0) is 25.4 Å². The minimum absolute atomic E-state index is 0.141. The van der Waals surface area contributed by atoms with Gasteiger partial charge in [-0.2, -0.15) is 0 Å². The molecular weight excluding hydrogens is 366 g/mol. The minimum atomic E-state index is -0.823. The van der Waals surface area contributed by atoms with Gasteiger partial charge in [-0.3, -0.25) is 0 Å². The highest BCUT2D eigenvalue weighted by atomic mass is 19.2. The van der Waals surface area contributed by atoms with E-state index in [1.54, 1.807) is 6.07 Å². The fourth-order valence-electron chi connectivity index (χ4n) is 3.43. The minimum Gasteiger partial charge on any atom is -0.352 e. The summed E-state index contributed by atoms with van der Waals surface area (Å²) < 4.78 is 49.4. The van der Waals surface area contributed by atoms with E-state index in [1.165, 1.54) is 6.07 Å². The van der Waals surface area contributed by atoms with Crippen molar-refractivity contribution in [2.24, 2.45) is 11.8 Å². The number of hydrogen-bond acceptors (Lipinski definition) is 4. The molecule has 1 aromatic carbocycles. The highest BCUT2D eigenvalue weighted by molar-refractivity contribution is 5.17. The van der Waals surface area contributed by atoms with Crippen molar-refractivity contribution in [2.45, 2.75) is 51.6 Å². The number of rotatable bonds is 8. The third-order valence-electron chi connectivity index (χ3n) is 5.14. The van der Waals surface area contributed by atoms with Gasteiger partial charge >= 0.3 is 0 Å². The average molecular weight is 396 g/mol. The smallest absolute Gasteiger partial charge is 0.159 e. The quantitative estimate of drug-likeness (QED) is 0.601. The van der Waals surface area contributed by atoms with Gasteiger partial charge in [0.25, 0.3) is 0 Å². The first-order valence-corrected chi connectivity index (χ1v) is 10.2. The fourth-order valence-corrected chi connectivity index (χ4v) is 3.43. The second-order valence-corrected chi connectivity index (χ2v) is 7.52. The van der Waals surface area contributed by atoms with Crippen molar-refractivity contribution in [3.63, 3.8) is 0 Å². The Hall–Kier alpha value is -1.34. The third kappa shape index (κ3) is 6.62. The summed E-state index contributed by atoms with van der Waals surface area (Å²) in [5.74, 6) is -0.962. The Labute approximate surface area is 165 Å². The van der Waals surface area contributed by atoms with Gasteiger partial charge in [0, 0.05) is 18.3 Å². The van der Waals surface area contributed by atoms with Gasteiger partial charge in [-0.05, 0) is 43.4 Å². The number of halogens is 2. The van der Waals surface area contributed by atoms with Crippen molar-refractivity contribution < 1.29 is 27.7 Å². The van der Waals surface area contributed by atoms with E-state index >= 15 is 0 Å². The molecule has 2 aliphatic rings. The summed E-state index contributed by atoms with van der Waals surface area (Å²) in [7, 11) is 0. The molecule has 3 rings (SSSR count). The normalized spacial score (nSPS) is 28.7. The van der Waals surface area contributed by atoms with Gasteiger partial charge in [0.05, 0.1) is 26.4 Å². The standard InChI is InChI=1S/C22H30F2O4/c1-2-3-4-17-12-25-22(26-13-17)10-7-18-14-27-21(28-15-18)9-6-16-5-8-19(23)20(24)11-16/h3-5,8,11,17-18,21-22H,2,6-7,9-10,12-15H2,1H3/t17-,18-,21-,22-. The molecule has 28 heavy (non-hydrogen) atoms. The van der Waals surface area contributed by atoms with E-state index < -0.39 is 11.6 Å². The summed E-state index contributed by atoms with van der Waals surface area (Å²) in [6.45, 7) is 4.81. The molecule has 0 radical (unpaired) electrons. The second kappa shape index (κ2) is 11.0. The molecule has 0 atom stereocenters. The monoisotopic (exact) mass is 396 g/mol. The van der Waals surface area contributed by atoms with Gasteiger partial charge in [0.1, 0.15) is 0 Å². The van der Waals surface area contributed by atoms with Crippen LogP contribution in [0, 0.1) is 23.5 Å². The van der Waals surface area contributed by atoms with E-state index in [2.05, 4.69) is 19.1 Å². The van der Waals surface area contributed by atoms with Gasteiger partial charge in [-0.25, -0.2) is 8.78 Å². The molecule has 2 aliphatic heterocycles. The molecule has 1 aromatic rings. The first-order valence-electron chi connectivity index (χ1n) is 10.2. The lowest BCUT2D eigenvalue weighted by Gasteiger charge is -2.32. The first-order chi connectivity index (χ1) is 13.6. The third-order valence-corrected chi connectivity index (χ3v) is 5.14. The van der Waals surface area contributed by atoms with Crippen molar-refractivity contribution in [1.29, 1.82) is 0 Å². The molecule has 4 nitrogen and oxygen atoms in total. The summed E-state index contributed by atoms with van der Waals surface area (Å²) in [5.41, 5.74) is 0.743. The fraction of sp³-hybridized carbons (Fsp3) is 0.636. The van der Waals surface area contributed by atoms with Crippen molar-refractivity contribution in [2.75, 3.05) is 26.4 Å². The maximum atomic E-state index is 13.2. The summed E-state index contributed by atoms with van der Waals surface area (Å²) in [5, 5.41) is 0. The number of aryl methyl sites for hydroxylation is 1. The maximum Gasteiger partial charge on any atom is 0.159 e. The second-order valence-electron chi connectivity index (χ2n) is 7.52.